The topological polar surface area (TPSA) is 66.9 Å². The number of hydrogen-bond donors (Lipinski definition) is 0. The summed E-state index contributed by atoms with van der Waals surface area (Å²) in [4.78, 5) is 15.8. The molecule has 6 fully saturated rings. The Morgan fingerprint density at radius 2 is 1.64 bits per heavy atom. The molecular formula is C25H33FN2O4S. The van der Waals surface area contributed by atoms with E-state index < -0.39 is 21.6 Å². The van der Waals surface area contributed by atoms with Gasteiger partial charge < -0.3 is 9.64 Å². The number of ether oxygens (including phenoxy) is 1. The van der Waals surface area contributed by atoms with Crippen molar-refractivity contribution in [1.29, 1.82) is 0 Å². The summed E-state index contributed by atoms with van der Waals surface area (Å²) in [5.41, 5.74) is -0.784. The van der Waals surface area contributed by atoms with Gasteiger partial charge in [-0.1, -0.05) is 0 Å². The lowest BCUT2D eigenvalue weighted by Crippen LogP contribution is -2.59. The van der Waals surface area contributed by atoms with Gasteiger partial charge in [-0.3, -0.25) is 4.79 Å². The van der Waals surface area contributed by atoms with Crippen molar-refractivity contribution in [2.45, 2.75) is 68.9 Å². The number of benzene rings is 1. The molecule has 0 atom stereocenters. The van der Waals surface area contributed by atoms with E-state index in [1.807, 2.05) is 4.90 Å². The van der Waals surface area contributed by atoms with E-state index in [-0.39, 0.29) is 16.9 Å². The molecule has 1 aromatic carbocycles. The summed E-state index contributed by atoms with van der Waals surface area (Å²) in [7, 11) is -3.82. The fourth-order valence-corrected chi connectivity index (χ4v) is 9.81. The van der Waals surface area contributed by atoms with E-state index in [1.165, 1.54) is 41.8 Å². The number of piperidine rings is 1. The number of amides is 1. The van der Waals surface area contributed by atoms with Crippen molar-refractivity contribution in [2.75, 3.05) is 26.2 Å². The van der Waals surface area contributed by atoms with Crippen LogP contribution in [0, 0.1) is 35.9 Å². The quantitative estimate of drug-likeness (QED) is 0.667. The number of aryl methyl sites for hydroxylation is 1. The second-order valence-electron chi connectivity index (χ2n) is 11.3. The Hall–Kier alpha value is -1.51. The highest BCUT2D eigenvalue weighted by molar-refractivity contribution is 7.89. The van der Waals surface area contributed by atoms with Crippen LogP contribution in [-0.4, -0.2) is 55.5 Å². The van der Waals surface area contributed by atoms with Gasteiger partial charge in [0.2, 0.25) is 15.9 Å². The van der Waals surface area contributed by atoms with Crippen molar-refractivity contribution in [3.63, 3.8) is 0 Å². The van der Waals surface area contributed by atoms with Crippen molar-refractivity contribution >= 4 is 15.9 Å². The van der Waals surface area contributed by atoms with Crippen LogP contribution >= 0.6 is 0 Å². The van der Waals surface area contributed by atoms with E-state index in [2.05, 4.69) is 0 Å². The third-order valence-electron chi connectivity index (χ3n) is 9.16. The van der Waals surface area contributed by atoms with E-state index in [0.717, 1.165) is 19.3 Å². The van der Waals surface area contributed by atoms with E-state index >= 15 is 0 Å². The molecule has 0 N–H and O–H groups in total. The fourth-order valence-electron chi connectivity index (χ4n) is 8.00. The lowest BCUT2D eigenvalue weighted by molar-refractivity contribution is -0.164. The third-order valence-corrected chi connectivity index (χ3v) is 11.1. The van der Waals surface area contributed by atoms with Crippen LogP contribution < -0.4 is 0 Å². The van der Waals surface area contributed by atoms with Crippen molar-refractivity contribution in [3.05, 3.63) is 29.6 Å². The number of carbonyl (C=O) groups excluding carboxylic acids is 1. The molecule has 4 bridgehead atoms. The molecule has 0 radical (unpaired) electrons. The maximum atomic E-state index is 13.7. The zero-order valence-electron chi connectivity index (χ0n) is 19.3. The molecule has 180 valence electrons. The summed E-state index contributed by atoms with van der Waals surface area (Å²) in [5, 5.41) is 0. The lowest BCUT2D eigenvalue weighted by atomic mass is 9.49. The molecule has 6 nitrogen and oxygen atoms in total. The number of hydrogen-bond acceptors (Lipinski definition) is 4. The Morgan fingerprint density at radius 1 is 1.03 bits per heavy atom. The van der Waals surface area contributed by atoms with Gasteiger partial charge in [0.25, 0.3) is 0 Å². The number of halogens is 1. The van der Waals surface area contributed by atoms with Crippen LogP contribution in [0.1, 0.15) is 56.9 Å². The second kappa shape index (κ2) is 7.49. The first-order chi connectivity index (χ1) is 15.7. The van der Waals surface area contributed by atoms with Gasteiger partial charge in [0.05, 0.1) is 16.9 Å². The molecule has 2 saturated heterocycles. The van der Waals surface area contributed by atoms with E-state index in [9.17, 15) is 17.6 Å². The summed E-state index contributed by atoms with van der Waals surface area (Å²) in [6.07, 6.45) is 7.99. The van der Waals surface area contributed by atoms with Gasteiger partial charge in [0, 0.05) is 32.5 Å². The Morgan fingerprint density at radius 3 is 2.21 bits per heavy atom. The van der Waals surface area contributed by atoms with Crippen LogP contribution in [-0.2, 0) is 19.6 Å². The zero-order valence-corrected chi connectivity index (χ0v) is 20.1. The molecule has 0 aromatic heterocycles. The van der Waals surface area contributed by atoms with Gasteiger partial charge in [0.15, 0.2) is 0 Å². The minimum absolute atomic E-state index is 0.0957. The van der Waals surface area contributed by atoms with E-state index in [0.29, 0.717) is 61.8 Å². The summed E-state index contributed by atoms with van der Waals surface area (Å²) >= 11 is 0. The van der Waals surface area contributed by atoms with E-state index in [4.69, 9.17) is 4.74 Å². The summed E-state index contributed by atoms with van der Waals surface area (Å²) in [5.74, 6) is 2.04. The average molecular weight is 477 g/mol. The van der Waals surface area contributed by atoms with Gasteiger partial charge in [-0.05, 0) is 87.0 Å². The predicted octanol–water partition coefficient (Wildman–Crippen LogP) is 3.69. The molecule has 6 aliphatic rings. The zero-order chi connectivity index (χ0) is 23.0. The minimum Gasteiger partial charge on any atom is -0.358 e. The van der Waals surface area contributed by atoms with Crippen molar-refractivity contribution in [2.24, 2.45) is 23.2 Å². The number of nitrogens with zero attached hydrogens (tertiary/aromatic N) is 2. The Kier molecular flexibility index (Phi) is 4.99. The number of likely N-dealkylation sites (tertiary alicyclic amines) is 1. The highest BCUT2D eigenvalue weighted by Crippen LogP contribution is 2.60. The van der Waals surface area contributed by atoms with Crippen molar-refractivity contribution in [3.8, 4) is 0 Å². The largest absolute Gasteiger partial charge is 0.358 e. The molecule has 0 unspecified atom stereocenters. The Labute approximate surface area is 195 Å². The molecule has 2 heterocycles. The summed E-state index contributed by atoms with van der Waals surface area (Å²) in [6, 6.07) is 3.93. The van der Waals surface area contributed by atoms with Crippen LogP contribution in [0.25, 0.3) is 0 Å². The normalized spacial score (nSPS) is 35.5. The van der Waals surface area contributed by atoms with Gasteiger partial charge in [-0.25, -0.2) is 12.8 Å². The summed E-state index contributed by atoms with van der Waals surface area (Å²) in [6.45, 7) is 3.23. The van der Waals surface area contributed by atoms with Crippen LogP contribution in [0.15, 0.2) is 23.1 Å². The van der Waals surface area contributed by atoms with Gasteiger partial charge >= 0.3 is 0 Å². The Balaban J connectivity index is 1.20. The number of carbonyl (C=O) groups is 1. The maximum absolute atomic E-state index is 13.7. The molecule has 1 spiro atoms. The molecule has 1 amide bonds. The standard InChI is InChI=1S/C25H33FN2O4S/c1-17-10-21(2-3-22(17)26)33(30,31)28-8-9-32-25(28)4-6-27(7-5-25)23(29)24-14-18-11-19(15-24)13-20(12-18)16-24/h2-3,10,18-20H,4-9,11-16H2,1H3. The highest BCUT2D eigenvalue weighted by Gasteiger charge is 2.57. The molecular weight excluding hydrogens is 443 g/mol. The minimum atomic E-state index is -3.82. The van der Waals surface area contributed by atoms with Gasteiger partial charge in [-0.15, -0.1) is 0 Å². The van der Waals surface area contributed by atoms with E-state index in [1.54, 1.807) is 6.92 Å². The first-order valence-corrected chi connectivity index (χ1v) is 13.9. The smallest absolute Gasteiger partial charge is 0.245 e. The molecule has 1 aromatic rings. The number of rotatable bonds is 3. The first kappa shape index (κ1) is 22.0. The van der Waals surface area contributed by atoms with Gasteiger partial charge in [0.1, 0.15) is 11.5 Å². The monoisotopic (exact) mass is 476 g/mol. The summed E-state index contributed by atoms with van der Waals surface area (Å²) < 4.78 is 48.2. The van der Waals surface area contributed by atoms with Crippen LogP contribution in [0.3, 0.4) is 0 Å². The molecule has 7 rings (SSSR count). The fraction of sp³-hybridized carbons (Fsp3) is 0.720. The second-order valence-corrected chi connectivity index (χ2v) is 13.1. The lowest BCUT2D eigenvalue weighted by Gasteiger charge is -2.57. The molecule has 4 saturated carbocycles. The Bertz CT molecular complexity index is 1040. The number of sulfonamides is 1. The third kappa shape index (κ3) is 3.39. The van der Waals surface area contributed by atoms with Gasteiger partial charge in [-0.2, -0.15) is 4.31 Å². The molecule has 2 aliphatic heterocycles. The van der Waals surface area contributed by atoms with Crippen LogP contribution in [0.4, 0.5) is 4.39 Å². The predicted molar refractivity (Wildman–Crippen MR) is 120 cm³/mol. The van der Waals surface area contributed by atoms with Crippen molar-refractivity contribution < 1.29 is 22.3 Å². The first-order valence-electron chi connectivity index (χ1n) is 12.4. The average Bonchev–Trinajstić information content (AvgIpc) is 3.18. The van der Waals surface area contributed by atoms with Crippen LogP contribution in [0.5, 0.6) is 0 Å². The van der Waals surface area contributed by atoms with Crippen molar-refractivity contribution in [1.82, 2.24) is 9.21 Å². The molecule has 8 heteroatoms. The molecule has 33 heavy (non-hydrogen) atoms. The highest BCUT2D eigenvalue weighted by atomic mass is 32.2. The molecule has 4 aliphatic carbocycles. The SMILES string of the molecule is Cc1cc(S(=O)(=O)N2CCOC23CCN(C(=O)C24CC5CC(CC(C5)C2)C4)CC3)ccc1F. The van der Waals surface area contributed by atoms with Crippen LogP contribution in [0.2, 0.25) is 0 Å². The maximum Gasteiger partial charge on any atom is 0.245 e.